The molecule has 4 rings (SSSR count). The zero-order chi connectivity index (χ0) is 16.5. The van der Waals surface area contributed by atoms with Crippen molar-refractivity contribution in [2.75, 3.05) is 18.0 Å². The topological polar surface area (TPSA) is 52.8 Å². The zero-order valence-electron chi connectivity index (χ0n) is 12.9. The highest BCUT2D eigenvalue weighted by molar-refractivity contribution is 7.18. The summed E-state index contributed by atoms with van der Waals surface area (Å²) < 4.78 is 1.26. The maximum Gasteiger partial charge on any atom is 0.161 e. The summed E-state index contributed by atoms with van der Waals surface area (Å²) in [7, 11) is 0. The van der Waals surface area contributed by atoms with Crippen LogP contribution in [-0.4, -0.2) is 23.1 Å². The van der Waals surface area contributed by atoms with Crippen LogP contribution in [0.2, 0.25) is 5.02 Å². The van der Waals surface area contributed by atoms with Gasteiger partial charge in [-0.2, -0.15) is 5.26 Å². The average Bonchev–Trinajstić information content (AvgIpc) is 3.06. The average molecular weight is 355 g/mol. The molecule has 0 atom stereocenters. The van der Waals surface area contributed by atoms with E-state index in [1.165, 1.54) is 9.71 Å². The van der Waals surface area contributed by atoms with Crippen LogP contribution in [0.15, 0.2) is 36.4 Å². The van der Waals surface area contributed by atoms with Gasteiger partial charge >= 0.3 is 0 Å². The van der Waals surface area contributed by atoms with E-state index in [0.717, 1.165) is 37.3 Å². The number of benzene rings is 1. The highest BCUT2D eigenvalue weighted by atomic mass is 35.5. The predicted octanol–water partition coefficient (Wildman–Crippen LogP) is 4.60. The predicted molar refractivity (Wildman–Crippen MR) is 97.8 cm³/mol. The highest BCUT2D eigenvalue weighted by Gasteiger charge is 2.24. The monoisotopic (exact) mass is 354 g/mol. The molecule has 0 N–H and O–H groups in total. The normalized spacial score (nSPS) is 15.6. The molecule has 0 bridgehead atoms. The van der Waals surface area contributed by atoms with Gasteiger partial charge in [-0.1, -0.05) is 23.7 Å². The van der Waals surface area contributed by atoms with Gasteiger partial charge in [0.15, 0.2) is 5.69 Å². The maximum absolute atomic E-state index is 9.08. The molecule has 6 heteroatoms. The molecule has 1 aromatic carbocycles. The Labute approximate surface area is 149 Å². The van der Waals surface area contributed by atoms with Gasteiger partial charge in [0.2, 0.25) is 0 Å². The first-order chi connectivity index (χ1) is 11.7. The van der Waals surface area contributed by atoms with Crippen LogP contribution in [0, 0.1) is 11.3 Å². The standard InChI is InChI=1S/C18H15ClN4S/c19-13-5-6-17(21-15(13)11-20)23-9-7-12(8-10-23)18-22-14-3-1-2-4-16(14)24-18/h1-6,12H,7-10H2. The third-order valence-electron chi connectivity index (χ3n) is 4.42. The van der Waals surface area contributed by atoms with Gasteiger partial charge in [-0.05, 0) is 37.1 Å². The number of para-hydroxylation sites is 1. The number of nitrogens with zero attached hydrogens (tertiary/aromatic N) is 4. The van der Waals surface area contributed by atoms with E-state index in [4.69, 9.17) is 21.8 Å². The molecule has 24 heavy (non-hydrogen) atoms. The van der Waals surface area contributed by atoms with Crippen molar-refractivity contribution in [1.29, 1.82) is 5.26 Å². The first-order valence-corrected chi connectivity index (χ1v) is 9.11. The number of rotatable bonds is 2. The Bertz CT molecular complexity index is 889. The van der Waals surface area contributed by atoms with Crippen molar-refractivity contribution in [2.24, 2.45) is 0 Å². The molecule has 4 nitrogen and oxygen atoms in total. The van der Waals surface area contributed by atoms with Gasteiger partial charge in [-0.15, -0.1) is 11.3 Å². The number of anilines is 1. The summed E-state index contributed by atoms with van der Waals surface area (Å²) >= 11 is 7.77. The summed E-state index contributed by atoms with van der Waals surface area (Å²) in [6, 6.07) is 14.0. The molecule has 0 saturated carbocycles. The van der Waals surface area contributed by atoms with Crippen LogP contribution in [0.1, 0.15) is 29.5 Å². The lowest BCUT2D eigenvalue weighted by atomic mass is 9.97. The number of aromatic nitrogens is 2. The zero-order valence-corrected chi connectivity index (χ0v) is 14.5. The minimum atomic E-state index is 0.294. The smallest absolute Gasteiger partial charge is 0.161 e. The molecule has 1 fully saturated rings. The van der Waals surface area contributed by atoms with Crippen LogP contribution in [0.4, 0.5) is 5.82 Å². The second-order valence-corrected chi connectivity index (χ2v) is 7.36. The Balaban J connectivity index is 1.49. The Hall–Kier alpha value is -2.16. The number of thiazole rings is 1. The second kappa shape index (κ2) is 6.39. The SMILES string of the molecule is N#Cc1nc(N2CCC(c3nc4ccccc4s3)CC2)ccc1Cl. The fourth-order valence-corrected chi connectivity index (χ4v) is 4.39. The van der Waals surface area contributed by atoms with E-state index in [9.17, 15) is 0 Å². The Kier molecular flexibility index (Phi) is 4.09. The van der Waals surface area contributed by atoms with Crippen LogP contribution in [0.25, 0.3) is 10.2 Å². The largest absolute Gasteiger partial charge is 0.357 e. The molecule has 0 unspecified atom stereocenters. The lowest BCUT2D eigenvalue weighted by Gasteiger charge is -2.32. The summed E-state index contributed by atoms with van der Waals surface area (Å²) in [5.74, 6) is 1.33. The number of fused-ring (bicyclic) bond motifs is 1. The van der Waals surface area contributed by atoms with Crippen molar-refractivity contribution in [3.63, 3.8) is 0 Å². The van der Waals surface area contributed by atoms with E-state index in [2.05, 4.69) is 28.1 Å². The van der Waals surface area contributed by atoms with Crippen molar-refractivity contribution in [1.82, 2.24) is 9.97 Å². The Morgan fingerprint density at radius 1 is 1.12 bits per heavy atom. The number of nitriles is 1. The highest BCUT2D eigenvalue weighted by Crippen LogP contribution is 2.34. The van der Waals surface area contributed by atoms with Gasteiger partial charge in [-0.25, -0.2) is 9.97 Å². The van der Waals surface area contributed by atoms with Crippen LogP contribution < -0.4 is 4.90 Å². The Morgan fingerprint density at radius 2 is 1.92 bits per heavy atom. The second-order valence-electron chi connectivity index (χ2n) is 5.89. The van der Waals surface area contributed by atoms with Crippen molar-refractivity contribution < 1.29 is 0 Å². The number of hydrogen-bond donors (Lipinski definition) is 0. The minimum absolute atomic E-state index is 0.294. The number of hydrogen-bond acceptors (Lipinski definition) is 5. The van der Waals surface area contributed by atoms with Crippen molar-refractivity contribution in [2.45, 2.75) is 18.8 Å². The van der Waals surface area contributed by atoms with Crippen LogP contribution in [-0.2, 0) is 0 Å². The third kappa shape index (κ3) is 2.83. The number of halogens is 1. The lowest BCUT2D eigenvalue weighted by molar-refractivity contribution is 0.501. The van der Waals surface area contributed by atoms with Crippen LogP contribution in [0.3, 0.4) is 0 Å². The van der Waals surface area contributed by atoms with E-state index in [0.29, 0.717) is 16.6 Å². The molecule has 3 heterocycles. The summed E-state index contributed by atoms with van der Waals surface area (Å²) in [5, 5.41) is 10.7. The number of piperidine rings is 1. The molecule has 3 aromatic rings. The molecular formula is C18H15ClN4S. The quantitative estimate of drug-likeness (QED) is 0.674. The molecule has 120 valence electrons. The van der Waals surface area contributed by atoms with E-state index in [1.54, 1.807) is 17.4 Å². The molecular weight excluding hydrogens is 340 g/mol. The van der Waals surface area contributed by atoms with Gasteiger partial charge in [0.25, 0.3) is 0 Å². The molecule has 0 spiro atoms. The summed E-state index contributed by atoms with van der Waals surface area (Å²) in [6.45, 7) is 1.83. The van der Waals surface area contributed by atoms with Crippen LogP contribution in [0.5, 0.6) is 0 Å². The van der Waals surface area contributed by atoms with Crippen molar-refractivity contribution in [3.8, 4) is 6.07 Å². The summed E-state index contributed by atoms with van der Waals surface area (Å²) in [5.41, 5.74) is 1.39. The maximum atomic E-state index is 9.08. The van der Waals surface area contributed by atoms with E-state index >= 15 is 0 Å². The number of pyridine rings is 1. The molecule has 1 aliphatic heterocycles. The van der Waals surface area contributed by atoms with E-state index in [-0.39, 0.29) is 0 Å². The van der Waals surface area contributed by atoms with Gasteiger partial charge in [-0.3, -0.25) is 0 Å². The molecule has 0 radical (unpaired) electrons. The van der Waals surface area contributed by atoms with Crippen molar-refractivity contribution >= 4 is 39.0 Å². The fraction of sp³-hybridized carbons (Fsp3) is 0.278. The van der Waals surface area contributed by atoms with Gasteiger partial charge < -0.3 is 4.90 Å². The molecule has 2 aromatic heterocycles. The van der Waals surface area contributed by atoms with Crippen LogP contribution >= 0.6 is 22.9 Å². The first-order valence-electron chi connectivity index (χ1n) is 7.91. The van der Waals surface area contributed by atoms with Gasteiger partial charge in [0.05, 0.1) is 20.2 Å². The third-order valence-corrected chi connectivity index (χ3v) is 5.92. The van der Waals surface area contributed by atoms with Crippen molar-refractivity contribution in [3.05, 3.63) is 52.1 Å². The fourth-order valence-electron chi connectivity index (χ4n) is 3.11. The first kappa shape index (κ1) is 15.4. The van der Waals surface area contributed by atoms with Gasteiger partial charge in [0, 0.05) is 19.0 Å². The van der Waals surface area contributed by atoms with E-state index < -0.39 is 0 Å². The molecule has 1 saturated heterocycles. The molecule has 0 aliphatic carbocycles. The minimum Gasteiger partial charge on any atom is -0.357 e. The molecule has 0 amide bonds. The molecule has 1 aliphatic rings. The summed E-state index contributed by atoms with van der Waals surface area (Å²) in [4.78, 5) is 11.4. The Morgan fingerprint density at radius 3 is 2.67 bits per heavy atom. The van der Waals surface area contributed by atoms with E-state index in [1.807, 2.05) is 18.2 Å². The lowest BCUT2D eigenvalue weighted by Crippen LogP contribution is -2.33. The summed E-state index contributed by atoms with van der Waals surface area (Å²) in [6.07, 6.45) is 2.10. The van der Waals surface area contributed by atoms with Gasteiger partial charge in [0.1, 0.15) is 11.9 Å².